The van der Waals surface area contributed by atoms with Crippen LogP contribution in [-0.2, 0) is 17.5 Å². The fourth-order valence-corrected chi connectivity index (χ4v) is 4.52. The average Bonchev–Trinajstić information content (AvgIpc) is 3.14. The highest BCUT2D eigenvalue weighted by molar-refractivity contribution is 5.74. The molecule has 5 rings (SSSR count). The molecule has 0 unspecified atom stereocenters. The molecule has 2 aliphatic heterocycles. The number of anilines is 1. The number of nitrogens with zero attached hydrogens (tertiary/aromatic N) is 1. The molecular weight excluding hydrogens is 433 g/mol. The maximum atomic E-state index is 13.1. The van der Waals surface area contributed by atoms with Crippen LogP contribution in [0.5, 0.6) is 5.75 Å². The molecule has 170 valence electrons. The maximum Gasteiger partial charge on any atom is 0.416 e. The minimum Gasteiger partial charge on any atom is -0.497 e. The van der Waals surface area contributed by atoms with Gasteiger partial charge in [0.1, 0.15) is 11.8 Å². The molecule has 2 aliphatic rings. The highest BCUT2D eigenvalue weighted by Gasteiger charge is 2.50. The zero-order chi connectivity index (χ0) is 23.2. The van der Waals surface area contributed by atoms with E-state index in [1.807, 2.05) is 42.5 Å². The van der Waals surface area contributed by atoms with Crippen LogP contribution >= 0.6 is 0 Å². The quantitative estimate of drug-likeness (QED) is 0.530. The molecule has 3 aromatic rings. The predicted octanol–water partition coefficient (Wildman–Crippen LogP) is 5.94. The second-order valence-electron chi connectivity index (χ2n) is 8.10. The van der Waals surface area contributed by atoms with Gasteiger partial charge >= 0.3 is 12.3 Å². The van der Waals surface area contributed by atoms with E-state index in [4.69, 9.17) is 9.47 Å². The average molecular weight is 454 g/mol. The van der Waals surface area contributed by atoms with Crippen molar-refractivity contribution in [1.29, 1.82) is 0 Å². The van der Waals surface area contributed by atoms with Gasteiger partial charge in [-0.25, -0.2) is 4.79 Å². The summed E-state index contributed by atoms with van der Waals surface area (Å²) in [5.41, 5.74) is 2.44. The summed E-state index contributed by atoms with van der Waals surface area (Å²) in [6, 6.07) is 19.1. The second-order valence-corrected chi connectivity index (χ2v) is 8.10. The van der Waals surface area contributed by atoms with E-state index in [9.17, 15) is 18.0 Å². The van der Waals surface area contributed by atoms with Gasteiger partial charge in [0.2, 0.25) is 0 Å². The number of carbonyl (C=O) groups is 1. The third-order valence-electron chi connectivity index (χ3n) is 6.13. The summed E-state index contributed by atoms with van der Waals surface area (Å²) in [4.78, 5) is 14.6. The Labute approximate surface area is 188 Å². The first-order valence-corrected chi connectivity index (χ1v) is 10.5. The Bertz CT molecular complexity index is 1170. The van der Waals surface area contributed by atoms with Gasteiger partial charge in [-0.1, -0.05) is 42.5 Å². The number of fused-ring (bicyclic) bond motifs is 3. The van der Waals surface area contributed by atoms with Gasteiger partial charge in [0.05, 0.1) is 18.7 Å². The van der Waals surface area contributed by atoms with Crippen molar-refractivity contribution in [3.63, 3.8) is 0 Å². The van der Waals surface area contributed by atoms with Crippen LogP contribution in [0.2, 0.25) is 0 Å². The molecule has 5 nitrogen and oxygen atoms in total. The molecule has 0 saturated carbocycles. The monoisotopic (exact) mass is 454 g/mol. The van der Waals surface area contributed by atoms with Crippen LogP contribution in [0.4, 0.5) is 23.7 Å². The van der Waals surface area contributed by atoms with Gasteiger partial charge in [0.25, 0.3) is 0 Å². The third kappa shape index (κ3) is 3.86. The Morgan fingerprint density at radius 2 is 1.76 bits per heavy atom. The van der Waals surface area contributed by atoms with Gasteiger partial charge in [-0.15, -0.1) is 0 Å². The molecule has 0 radical (unpaired) electrons. The van der Waals surface area contributed by atoms with Gasteiger partial charge in [-0.3, -0.25) is 4.90 Å². The topological polar surface area (TPSA) is 50.8 Å². The molecule has 1 amide bonds. The van der Waals surface area contributed by atoms with Gasteiger partial charge in [-0.2, -0.15) is 13.2 Å². The highest BCUT2D eigenvalue weighted by atomic mass is 19.4. The fourth-order valence-electron chi connectivity index (χ4n) is 4.52. The first-order chi connectivity index (χ1) is 15.8. The summed E-state index contributed by atoms with van der Waals surface area (Å²) < 4.78 is 50.3. The zero-order valence-electron chi connectivity index (χ0n) is 17.7. The first-order valence-electron chi connectivity index (χ1n) is 10.5. The van der Waals surface area contributed by atoms with E-state index in [-0.39, 0.29) is 0 Å². The number of alkyl halides is 3. The summed E-state index contributed by atoms with van der Waals surface area (Å²) >= 11 is 0. The van der Waals surface area contributed by atoms with E-state index in [0.29, 0.717) is 17.9 Å². The molecule has 0 aromatic heterocycles. The molecule has 2 heterocycles. The summed E-state index contributed by atoms with van der Waals surface area (Å²) in [5.74, 6) is 0.640. The van der Waals surface area contributed by atoms with Gasteiger partial charge in [0, 0.05) is 17.8 Å². The number of carbonyl (C=O) groups excluding carboxylic acids is 1. The molecular formula is C25H21F3N2O3. The molecule has 3 aromatic carbocycles. The standard InChI is InChI=1S/C25H21F3N2O3/c1-32-18-11-12-20-19(13-18)22-23(33-24(31)30(22)14-15-5-3-2-4-6-15)21(29-20)16-7-9-17(10-8-16)25(26,27)28/h2-13,21-23,29H,14H2,1H3/t21-,22+,23-/m0/s1. The molecule has 1 saturated heterocycles. The lowest BCUT2D eigenvalue weighted by Gasteiger charge is -2.37. The van der Waals surface area contributed by atoms with Crippen molar-refractivity contribution in [3.05, 3.63) is 95.1 Å². The van der Waals surface area contributed by atoms with Crippen molar-refractivity contribution in [2.45, 2.75) is 30.9 Å². The number of amides is 1. The summed E-state index contributed by atoms with van der Waals surface area (Å²) in [7, 11) is 1.57. The van der Waals surface area contributed by atoms with Crippen molar-refractivity contribution in [2.24, 2.45) is 0 Å². The van der Waals surface area contributed by atoms with Crippen molar-refractivity contribution < 1.29 is 27.4 Å². The molecule has 8 heteroatoms. The Hall–Kier alpha value is -3.68. The number of hydrogen-bond donors (Lipinski definition) is 1. The molecule has 1 fully saturated rings. The largest absolute Gasteiger partial charge is 0.497 e. The number of hydrogen-bond acceptors (Lipinski definition) is 4. The normalized spacial score (nSPS) is 21.6. The zero-order valence-corrected chi connectivity index (χ0v) is 17.7. The Balaban J connectivity index is 1.56. The van der Waals surface area contributed by atoms with Crippen LogP contribution in [0, 0.1) is 0 Å². The van der Waals surface area contributed by atoms with Crippen LogP contribution < -0.4 is 10.1 Å². The lowest BCUT2D eigenvalue weighted by atomic mass is 9.86. The number of halogens is 3. The van der Waals surface area contributed by atoms with Crippen LogP contribution in [0.1, 0.15) is 34.3 Å². The number of benzene rings is 3. The van der Waals surface area contributed by atoms with E-state index in [1.165, 1.54) is 12.1 Å². The third-order valence-corrected chi connectivity index (χ3v) is 6.13. The number of nitrogens with one attached hydrogen (secondary N) is 1. The van der Waals surface area contributed by atoms with Crippen molar-refractivity contribution in [1.82, 2.24) is 4.90 Å². The number of ether oxygens (including phenoxy) is 2. The minimum absolute atomic E-state index is 0.344. The van der Waals surface area contributed by atoms with Crippen LogP contribution in [-0.4, -0.2) is 24.2 Å². The number of rotatable bonds is 4. The second kappa shape index (κ2) is 8.03. The molecule has 0 spiro atoms. The Kier molecular flexibility index (Phi) is 5.15. The molecule has 0 bridgehead atoms. The lowest BCUT2D eigenvalue weighted by Crippen LogP contribution is -2.38. The molecule has 33 heavy (non-hydrogen) atoms. The number of methoxy groups -OCH3 is 1. The predicted molar refractivity (Wildman–Crippen MR) is 116 cm³/mol. The minimum atomic E-state index is -4.42. The van der Waals surface area contributed by atoms with E-state index in [1.54, 1.807) is 18.1 Å². The van der Waals surface area contributed by atoms with Crippen molar-refractivity contribution in [3.8, 4) is 5.75 Å². The summed E-state index contributed by atoms with van der Waals surface area (Å²) in [5, 5.41) is 3.36. The van der Waals surface area contributed by atoms with E-state index in [0.717, 1.165) is 28.9 Å². The Morgan fingerprint density at radius 1 is 1.03 bits per heavy atom. The first kappa shape index (κ1) is 21.2. The lowest BCUT2D eigenvalue weighted by molar-refractivity contribution is -0.137. The summed E-state index contributed by atoms with van der Waals surface area (Å²) in [6.45, 7) is 0.344. The molecule has 0 aliphatic carbocycles. The fraction of sp³-hybridized carbons (Fsp3) is 0.240. The maximum absolute atomic E-state index is 13.1. The van der Waals surface area contributed by atoms with Gasteiger partial charge < -0.3 is 14.8 Å². The highest BCUT2D eigenvalue weighted by Crippen LogP contribution is 2.49. The van der Waals surface area contributed by atoms with E-state index < -0.39 is 36.0 Å². The van der Waals surface area contributed by atoms with E-state index in [2.05, 4.69) is 5.32 Å². The SMILES string of the molecule is COc1ccc2c(c1)[C@@H]1[C@@H](OC(=O)N1Cc1ccccc1)[C@H](c1ccc(C(F)(F)F)cc1)N2. The van der Waals surface area contributed by atoms with Crippen LogP contribution in [0.25, 0.3) is 0 Å². The Morgan fingerprint density at radius 3 is 2.42 bits per heavy atom. The summed E-state index contributed by atoms with van der Waals surface area (Å²) in [6.07, 6.45) is -5.52. The van der Waals surface area contributed by atoms with Crippen LogP contribution in [0.3, 0.4) is 0 Å². The van der Waals surface area contributed by atoms with Crippen LogP contribution in [0.15, 0.2) is 72.8 Å². The van der Waals surface area contributed by atoms with Crippen molar-refractivity contribution >= 4 is 11.8 Å². The van der Waals surface area contributed by atoms with Gasteiger partial charge in [-0.05, 0) is 41.5 Å². The molecule has 3 atom stereocenters. The van der Waals surface area contributed by atoms with Crippen molar-refractivity contribution in [2.75, 3.05) is 12.4 Å². The van der Waals surface area contributed by atoms with E-state index >= 15 is 0 Å². The van der Waals surface area contributed by atoms with Gasteiger partial charge in [0.15, 0.2) is 6.10 Å². The molecule has 1 N–H and O–H groups in total. The smallest absolute Gasteiger partial charge is 0.416 e.